The van der Waals surface area contributed by atoms with Crippen LogP contribution in [-0.2, 0) is 14.3 Å². The lowest BCUT2D eigenvalue weighted by Crippen LogP contribution is -2.44. The molecule has 0 rings (SSSR count). The Hall–Kier alpha value is -1.40. The molecule has 0 aliphatic carbocycles. The maximum Gasteiger partial charge on any atom is 0.309 e. The van der Waals surface area contributed by atoms with Gasteiger partial charge in [0.05, 0.1) is 40.1 Å². The molecule has 0 aromatic rings. The second-order valence-corrected chi connectivity index (χ2v) is 5.79. The Bertz CT molecular complexity index is 346. The van der Waals surface area contributed by atoms with Gasteiger partial charge in [-0.05, 0) is 6.42 Å². The minimum absolute atomic E-state index is 0.163. The molecule has 0 fully saturated rings. The van der Waals surface area contributed by atoms with Crippen LogP contribution in [0, 0.1) is 0 Å². The highest BCUT2D eigenvalue weighted by Gasteiger charge is 2.25. The Morgan fingerprint density at radius 3 is 2.30 bits per heavy atom. The summed E-state index contributed by atoms with van der Waals surface area (Å²) in [5.74, 6) is -1.60. The van der Waals surface area contributed by atoms with Crippen molar-refractivity contribution in [1.82, 2.24) is 0 Å². The van der Waals surface area contributed by atoms with Crippen LogP contribution < -0.4 is 0 Å². The highest BCUT2D eigenvalue weighted by molar-refractivity contribution is 5.72. The van der Waals surface area contributed by atoms with Crippen LogP contribution in [0.1, 0.15) is 26.2 Å². The van der Waals surface area contributed by atoms with Crippen LogP contribution in [0.5, 0.6) is 0 Å². The Labute approximate surface area is 120 Å². The van der Waals surface area contributed by atoms with Crippen LogP contribution in [0.15, 0.2) is 12.2 Å². The van der Waals surface area contributed by atoms with Crippen LogP contribution >= 0.6 is 0 Å². The zero-order valence-corrected chi connectivity index (χ0v) is 12.7. The molecule has 0 aromatic heterocycles. The van der Waals surface area contributed by atoms with Gasteiger partial charge < -0.3 is 19.4 Å². The second-order valence-electron chi connectivity index (χ2n) is 5.79. The maximum atomic E-state index is 11.7. The summed E-state index contributed by atoms with van der Waals surface area (Å²) in [7, 11) is 5.67. The number of rotatable bonds is 9. The molecule has 6 heteroatoms. The molecule has 2 unspecified atom stereocenters. The highest BCUT2D eigenvalue weighted by atomic mass is 16.5. The molecule has 2 atom stereocenters. The molecule has 6 nitrogen and oxygen atoms in total. The van der Waals surface area contributed by atoms with Crippen LogP contribution in [0.25, 0.3) is 0 Å². The summed E-state index contributed by atoms with van der Waals surface area (Å²) in [4.78, 5) is 22.5. The molecule has 0 bridgehead atoms. The number of aliphatic hydroxyl groups excluding tert-OH is 1. The van der Waals surface area contributed by atoms with Gasteiger partial charge in [-0.3, -0.25) is 9.59 Å². The number of ether oxygens (including phenoxy) is 1. The van der Waals surface area contributed by atoms with Crippen LogP contribution in [0.2, 0.25) is 0 Å². The van der Waals surface area contributed by atoms with E-state index < -0.39 is 24.1 Å². The van der Waals surface area contributed by atoms with E-state index in [0.29, 0.717) is 11.0 Å². The average molecular weight is 288 g/mol. The third kappa shape index (κ3) is 10.5. The van der Waals surface area contributed by atoms with E-state index in [-0.39, 0.29) is 12.8 Å². The lowest BCUT2D eigenvalue weighted by atomic mass is 10.2. The van der Waals surface area contributed by atoms with E-state index in [1.165, 1.54) is 6.08 Å². The van der Waals surface area contributed by atoms with Crippen molar-refractivity contribution in [3.05, 3.63) is 12.2 Å². The average Bonchev–Trinajstić information content (AvgIpc) is 2.22. The number of carbonyl (C=O) groups excluding carboxylic acids is 1. The SMILES string of the molecule is CC/C=C/C(O)CC(=O)OC(CC(=O)O)C[N+](C)(C)C. The lowest BCUT2D eigenvalue weighted by Gasteiger charge is -2.28. The standard InChI is InChI=1S/C14H25NO5/c1-5-6-7-11(16)8-14(19)20-12(9-13(17)18)10-15(2,3)4/h6-7,11-12,16H,5,8-10H2,1-4H3/p+1/b7-6+. The number of quaternary nitrogens is 1. The summed E-state index contributed by atoms with van der Waals surface area (Å²) >= 11 is 0. The molecule has 2 N–H and O–H groups in total. The molecule has 0 heterocycles. The molecule has 116 valence electrons. The van der Waals surface area contributed by atoms with Gasteiger partial charge in [0.1, 0.15) is 6.54 Å². The van der Waals surface area contributed by atoms with Crippen molar-refractivity contribution < 1.29 is 29.0 Å². The van der Waals surface area contributed by atoms with Gasteiger partial charge >= 0.3 is 11.9 Å². The Balaban J connectivity index is 4.45. The summed E-state index contributed by atoms with van der Waals surface area (Å²) < 4.78 is 5.65. The molecular weight excluding hydrogens is 262 g/mol. The molecule has 0 aliphatic rings. The zero-order valence-electron chi connectivity index (χ0n) is 12.7. The van der Waals surface area contributed by atoms with Crippen molar-refractivity contribution in [1.29, 1.82) is 0 Å². The van der Waals surface area contributed by atoms with Gasteiger partial charge in [0, 0.05) is 0 Å². The number of carbonyl (C=O) groups is 2. The normalized spacial score (nSPS) is 15.1. The van der Waals surface area contributed by atoms with Crippen molar-refractivity contribution in [2.24, 2.45) is 0 Å². The maximum absolute atomic E-state index is 11.7. The number of hydrogen-bond acceptors (Lipinski definition) is 4. The number of nitrogens with zero attached hydrogens (tertiary/aromatic N) is 1. The molecular formula is C14H26NO5+. The second kappa shape index (κ2) is 8.71. The highest BCUT2D eigenvalue weighted by Crippen LogP contribution is 2.08. The van der Waals surface area contributed by atoms with Gasteiger partial charge in [0.15, 0.2) is 6.10 Å². The topological polar surface area (TPSA) is 83.8 Å². The summed E-state index contributed by atoms with van der Waals surface area (Å²) in [6.45, 7) is 2.32. The molecule has 0 aliphatic heterocycles. The van der Waals surface area contributed by atoms with E-state index in [9.17, 15) is 14.7 Å². The van der Waals surface area contributed by atoms with Gasteiger partial charge in [-0.25, -0.2) is 0 Å². The van der Waals surface area contributed by atoms with E-state index in [1.54, 1.807) is 6.08 Å². The predicted molar refractivity (Wildman–Crippen MR) is 75.1 cm³/mol. The minimum Gasteiger partial charge on any atom is -0.481 e. The van der Waals surface area contributed by atoms with Crippen LogP contribution in [0.4, 0.5) is 0 Å². The van der Waals surface area contributed by atoms with Crippen LogP contribution in [0.3, 0.4) is 0 Å². The van der Waals surface area contributed by atoms with Gasteiger partial charge in [-0.2, -0.15) is 0 Å². The van der Waals surface area contributed by atoms with Crippen molar-refractivity contribution in [2.75, 3.05) is 27.7 Å². The summed E-state index contributed by atoms with van der Waals surface area (Å²) in [5.41, 5.74) is 0. The first kappa shape index (κ1) is 18.6. The third-order valence-corrected chi connectivity index (χ3v) is 2.42. The number of carboxylic acids is 1. The summed E-state index contributed by atoms with van der Waals surface area (Å²) in [5, 5.41) is 18.4. The first-order valence-corrected chi connectivity index (χ1v) is 6.70. The Morgan fingerprint density at radius 2 is 1.85 bits per heavy atom. The van der Waals surface area contributed by atoms with Gasteiger partial charge in [0.25, 0.3) is 0 Å². The summed E-state index contributed by atoms with van der Waals surface area (Å²) in [6, 6.07) is 0. The summed E-state index contributed by atoms with van der Waals surface area (Å²) in [6.07, 6.45) is 2.09. The third-order valence-electron chi connectivity index (χ3n) is 2.42. The van der Waals surface area contributed by atoms with Crippen LogP contribution in [-0.4, -0.2) is 66.5 Å². The monoisotopic (exact) mass is 288 g/mol. The first-order chi connectivity index (χ1) is 9.14. The minimum atomic E-state index is -1.01. The molecule has 0 radical (unpaired) electrons. The van der Waals surface area contributed by atoms with Gasteiger partial charge in [0.2, 0.25) is 0 Å². The number of esters is 1. The molecule has 0 amide bonds. The number of carboxylic acid groups (broad SMARTS) is 1. The van der Waals surface area contributed by atoms with Crippen molar-refractivity contribution in [3.63, 3.8) is 0 Å². The molecule has 0 aromatic carbocycles. The molecule has 0 saturated heterocycles. The van der Waals surface area contributed by atoms with Gasteiger partial charge in [-0.15, -0.1) is 0 Å². The number of aliphatic hydroxyl groups is 1. The fourth-order valence-electron chi connectivity index (χ4n) is 1.72. The van der Waals surface area contributed by atoms with E-state index in [4.69, 9.17) is 9.84 Å². The quantitative estimate of drug-likeness (QED) is 0.372. The number of hydrogen-bond donors (Lipinski definition) is 2. The number of aliphatic carboxylic acids is 1. The fraction of sp³-hybridized carbons (Fsp3) is 0.714. The number of allylic oxidation sites excluding steroid dienone is 1. The smallest absolute Gasteiger partial charge is 0.309 e. The van der Waals surface area contributed by atoms with E-state index in [0.717, 1.165) is 6.42 Å². The molecule has 0 saturated carbocycles. The Kier molecular flexibility index (Phi) is 8.10. The number of likely N-dealkylation sites (N-methyl/N-ethyl adjacent to an activating group) is 1. The first-order valence-electron chi connectivity index (χ1n) is 6.70. The zero-order chi connectivity index (χ0) is 15.8. The van der Waals surface area contributed by atoms with Gasteiger partial charge in [-0.1, -0.05) is 19.1 Å². The van der Waals surface area contributed by atoms with Crippen molar-refractivity contribution in [2.45, 2.75) is 38.4 Å². The molecule has 0 spiro atoms. The van der Waals surface area contributed by atoms with Crippen molar-refractivity contribution >= 4 is 11.9 Å². The van der Waals surface area contributed by atoms with E-state index >= 15 is 0 Å². The predicted octanol–water partition coefficient (Wildman–Crippen LogP) is 0.796. The Morgan fingerprint density at radius 1 is 1.25 bits per heavy atom. The van der Waals surface area contributed by atoms with E-state index in [1.807, 2.05) is 28.1 Å². The fourth-order valence-corrected chi connectivity index (χ4v) is 1.72. The largest absolute Gasteiger partial charge is 0.481 e. The lowest BCUT2D eigenvalue weighted by molar-refractivity contribution is -0.873. The van der Waals surface area contributed by atoms with E-state index in [2.05, 4.69) is 0 Å². The van der Waals surface area contributed by atoms with Crippen molar-refractivity contribution in [3.8, 4) is 0 Å². The molecule has 20 heavy (non-hydrogen) atoms.